The predicted octanol–water partition coefficient (Wildman–Crippen LogP) is 1.62. The molecule has 19 heavy (non-hydrogen) atoms. The van der Waals surface area contributed by atoms with Crippen LogP contribution in [0.25, 0.3) is 0 Å². The summed E-state index contributed by atoms with van der Waals surface area (Å²) in [5.41, 5.74) is 1.18. The molecule has 0 aliphatic carbocycles. The van der Waals surface area contributed by atoms with E-state index in [9.17, 15) is 0 Å². The Bertz CT molecular complexity index is 368. The minimum Gasteiger partial charge on any atom is -0.495 e. The second-order valence-corrected chi connectivity index (χ2v) is 4.58. The summed E-state index contributed by atoms with van der Waals surface area (Å²) in [5.74, 6) is 0.946. The van der Waals surface area contributed by atoms with Gasteiger partial charge in [-0.3, -0.25) is 4.90 Å². The SMILES string of the molecule is COc1ccccc1N1CCN(CCCO)CC1.Cl. The zero-order valence-electron chi connectivity index (χ0n) is 11.4. The third kappa shape index (κ3) is 4.27. The van der Waals surface area contributed by atoms with Crippen molar-refractivity contribution in [1.82, 2.24) is 4.90 Å². The number of para-hydroxylation sites is 2. The Labute approximate surface area is 121 Å². The quantitative estimate of drug-likeness (QED) is 0.892. The van der Waals surface area contributed by atoms with Crippen LogP contribution in [0.4, 0.5) is 5.69 Å². The number of nitrogens with zero attached hydrogens (tertiary/aromatic N) is 2. The fourth-order valence-electron chi connectivity index (χ4n) is 2.40. The zero-order valence-corrected chi connectivity index (χ0v) is 12.2. The molecule has 0 unspecified atom stereocenters. The normalized spacial score (nSPS) is 16.0. The van der Waals surface area contributed by atoms with Crippen molar-refractivity contribution in [3.8, 4) is 5.75 Å². The van der Waals surface area contributed by atoms with Crippen LogP contribution in [0, 0.1) is 0 Å². The first-order chi connectivity index (χ1) is 8.85. The van der Waals surface area contributed by atoms with Crippen LogP contribution in [0.2, 0.25) is 0 Å². The largest absolute Gasteiger partial charge is 0.495 e. The summed E-state index contributed by atoms with van der Waals surface area (Å²) in [4.78, 5) is 4.77. The van der Waals surface area contributed by atoms with Gasteiger partial charge in [-0.25, -0.2) is 0 Å². The fourth-order valence-corrected chi connectivity index (χ4v) is 2.40. The van der Waals surface area contributed by atoms with Crippen LogP contribution in [0.1, 0.15) is 6.42 Å². The maximum absolute atomic E-state index is 8.84. The van der Waals surface area contributed by atoms with Gasteiger partial charge in [-0.2, -0.15) is 0 Å². The van der Waals surface area contributed by atoms with E-state index >= 15 is 0 Å². The molecule has 108 valence electrons. The number of halogens is 1. The Balaban J connectivity index is 0.00000180. The van der Waals surface area contributed by atoms with E-state index in [-0.39, 0.29) is 19.0 Å². The topological polar surface area (TPSA) is 35.9 Å². The van der Waals surface area contributed by atoms with Gasteiger partial charge in [0, 0.05) is 39.3 Å². The second kappa shape index (κ2) is 8.25. The number of anilines is 1. The fraction of sp³-hybridized carbons (Fsp3) is 0.571. The van der Waals surface area contributed by atoms with E-state index in [2.05, 4.69) is 21.9 Å². The lowest BCUT2D eigenvalue weighted by Gasteiger charge is -2.36. The molecule has 4 nitrogen and oxygen atoms in total. The molecule has 1 saturated heterocycles. The van der Waals surface area contributed by atoms with E-state index in [0.717, 1.165) is 44.9 Å². The third-order valence-electron chi connectivity index (χ3n) is 3.43. The Morgan fingerprint density at radius 2 is 1.84 bits per heavy atom. The molecule has 0 amide bonds. The monoisotopic (exact) mass is 286 g/mol. The first-order valence-corrected chi connectivity index (χ1v) is 6.56. The van der Waals surface area contributed by atoms with Gasteiger partial charge in [0.25, 0.3) is 0 Å². The lowest BCUT2D eigenvalue weighted by Crippen LogP contribution is -2.46. The molecule has 5 heteroatoms. The van der Waals surface area contributed by atoms with Crippen molar-refractivity contribution in [2.75, 3.05) is 51.3 Å². The van der Waals surface area contributed by atoms with E-state index in [0.29, 0.717) is 0 Å². The summed E-state index contributed by atoms with van der Waals surface area (Å²) in [5, 5.41) is 8.84. The molecular formula is C14H23ClN2O2. The maximum Gasteiger partial charge on any atom is 0.142 e. The molecule has 1 heterocycles. The molecule has 0 aromatic heterocycles. The lowest BCUT2D eigenvalue weighted by molar-refractivity contribution is 0.215. The molecule has 1 N–H and O–H groups in total. The molecule has 0 radical (unpaired) electrons. The molecular weight excluding hydrogens is 264 g/mol. The summed E-state index contributed by atoms with van der Waals surface area (Å²) in [7, 11) is 1.72. The van der Waals surface area contributed by atoms with Crippen molar-refractivity contribution in [1.29, 1.82) is 0 Å². The number of rotatable bonds is 5. The highest BCUT2D eigenvalue weighted by Crippen LogP contribution is 2.28. The summed E-state index contributed by atoms with van der Waals surface area (Å²) in [6, 6.07) is 8.17. The van der Waals surface area contributed by atoms with Crippen LogP contribution in [0.3, 0.4) is 0 Å². The van der Waals surface area contributed by atoms with Crippen LogP contribution in [0.15, 0.2) is 24.3 Å². The number of aliphatic hydroxyl groups is 1. The third-order valence-corrected chi connectivity index (χ3v) is 3.43. The van der Waals surface area contributed by atoms with Gasteiger partial charge < -0.3 is 14.7 Å². The Morgan fingerprint density at radius 3 is 2.47 bits per heavy atom. The van der Waals surface area contributed by atoms with Gasteiger partial charge in [0.15, 0.2) is 0 Å². The molecule has 0 bridgehead atoms. The predicted molar refractivity (Wildman–Crippen MR) is 80.6 cm³/mol. The average Bonchev–Trinajstić information content (AvgIpc) is 2.45. The highest BCUT2D eigenvalue weighted by molar-refractivity contribution is 5.85. The number of piperazine rings is 1. The lowest BCUT2D eigenvalue weighted by atomic mass is 10.2. The number of hydrogen-bond donors (Lipinski definition) is 1. The van der Waals surface area contributed by atoms with Crippen molar-refractivity contribution in [2.24, 2.45) is 0 Å². The molecule has 1 fully saturated rings. The number of benzene rings is 1. The Hall–Kier alpha value is -0.970. The van der Waals surface area contributed by atoms with Crippen molar-refractivity contribution < 1.29 is 9.84 Å². The van der Waals surface area contributed by atoms with Crippen LogP contribution >= 0.6 is 12.4 Å². The summed E-state index contributed by atoms with van der Waals surface area (Å²) in [6.45, 7) is 5.43. The molecule has 1 aromatic rings. The minimum absolute atomic E-state index is 0. The molecule has 0 atom stereocenters. The summed E-state index contributed by atoms with van der Waals surface area (Å²) < 4.78 is 5.40. The van der Waals surface area contributed by atoms with E-state index in [1.807, 2.05) is 12.1 Å². The summed E-state index contributed by atoms with van der Waals surface area (Å²) >= 11 is 0. The van der Waals surface area contributed by atoms with Crippen LogP contribution in [-0.2, 0) is 0 Å². The average molecular weight is 287 g/mol. The van der Waals surface area contributed by atoms with Gasteiger partial charge in [-0.1, -0.05) is 12.1 Å². The Morgan fingerprint density at radius 1 is 1.16 bits per heavy atom. The Kier molecular flexibility index (Phi) is 6.99. The number of ether oxygens (including phenoxy) is 1. The molecule has 0 saturated carbocycles. The van der Waals surface area contributed by atoms with Gasteiger partial charge in [-0.05, 0) is 18.6 Å². The molecule has 1 aliphatic heterocycles. The number of methoxy groups -OCH3 is 1. The van der Waals surface area contributed by atoms with Crippen LogP contribution < -0.4 is 9.64 Å². The first kappa shape index (κ1) is 16.1. The second-order valence-electron chi connectivity index (χ2n) is 4.58. The molecule has 1 aliphatic rings. The van der Waals surface area contributed by atoms with Crippen molar-refractivity contribution in [2.45, 2.75) is 6.42 Å². The first-order valence-electron chi connectivity index (χ1n) is 6.56. The molecule has 2 rings (SSSR count). The van der Waals surface area contributed by atoms with E-state index < -0.39 is 0 Å². The summed E-state index contributed by atoms with van der Waals surface area (Å²) in [6.07, 6.45) is 0.870. The number of hydrogen-bond acceptors (Lipinski definition) is 4. The standard InChI is InChI=1S/C14H22N2O2.ClH/c1-18-14-6-3-2-5-13(14)16-10-8-15(9-11-16)7-4-12-17;/h2-3,5-6,17H,4,7-12H2,1H3;1H. The smallest absolute Gasteiger partial charge is 0.142 e. The maximum atomic E-state index is 8.84. The van der Waals surface area contributed by atoms with Crippen LogP contribution in [0.5, 0.6) is 5.75 Å². The highest BCUT2D eigenvalue weighted by atomic mass is 35.5. The molecule has 1 aromatic carbocycles. The van der Waals surface area contributed by atoms with Crippen molar-refractivity contribution in [3.05, 3.63) is 24.3 Å². The number of aliphatic hydroxyl groups excluding tert-OH is 1. The van der Waals surface area contributed by atoms with Crippen molar-refractivity contribution >= 4 is 18.1 Å². The molecule has 0 spiro atoms. The highest BCUT2D eigenvalue weighted by Gasteiger charge is 2.18. The van der Waals surface area contributed by atoms with E-state index in [1.54, 1.807) is 7.11 Å². The van der Waals surface area contributed by atoms with E-state index in [1.165, 1.54) is 5.69 Å². The van der Waals surface area contributed by atoms with Crippen LogP contribution in [-0.4, -0.2) is 56.4 Å². The van der Waals surface area contributed by atoms with Crippen molar-refractivity contribution in [3.63, 3.8) is 0 Å². The minimum atomic E-state index is 0. The van der Waals surface area contributed by atoms with Gasteiger partial charge in [-0.15, -0.1) is 12.4 Å². The van der Waals surface area contributed by atoms with Gasteiger partial charge in [0.2, 0.25) is 0 Å². The zero-order chi connectivity index (χ0) is 12.8. The van der Waals surface area contributed by atoms with Gasteiger partial charge in [0.05, 0.1) is 12.8 Å². The van der Waals surface area contributed by atoms with Gasteiger partial charge in [0.1, 0.15) is 5.75 Å². The van der Waals surface area contributed by atoms with E-state index in [4.69, 9.17) is 9.84 Å². The van der Waals surface area contributed by atoms with Gasteiger partial charge >= 0.3 is 0 Å².